The maximum atomic E-state index is 11.9. The minimum absolute atomic E-state index is 0.155. The molecule has 0 spiro atoms. The van der Waals surface area contributed by atoms with E-state index in [2.05, 4.69) is 10.6 Å². The second-order valence-electron chi connectivity index (χ2n) is 5.46. The van der Waals surface area contributed by atoms with Crippen LogP contribution in [0.5, 0.6) is 0 Å². The zero-order valence-corrected chi connectivity index (χ0v) is 12.4. The van der Waals surface area contributed by atoms with Gasteiger partial charge in [-0.05, 0) is 37.1 Å². The predicted octanol–water partition coefficient (Wildman–Crippen LogP) is 3.50. The minimum Gasteiger partial charge on any atom is -0.481 e. The molecule has 0 radical (unpaired) electrons. The van der Waals surface area contributed by atoms with E-state index in [0.717, 1.165) is 19.3 Å². The van der Waals surface area contributed by atoms with E-state index in [1.165, 1.54) is 0 Å². The van der Waals surface area contributed by atoms with Crippen LogP contribution in [0.4, 0.5) is 10.5 Å². The van der Waals surface area contributed by atoms with Crippen molar-refractivity contribution in [3.8, 4) is 0 Å². The highest BCUT2D eigenvalue weighted by Crippen LogP contribution is 2.36. The Morgan fingerprint density at radius 2 is 1.76 bits per heavy atom. The molecule has 0 saturated heterocycles. The summed E-state index contributed by atoms with van der Waals surface area (Å²) in [4.78, 5) is 23.4. The van der Waals surface area contributed by atoms with Crippen molar-refractivity contribution in [3.05, 3.63) is 29.3 Å². The van der Waals surface area contributed by atoms with Crippen LogP contribution in [0.15, 0.2) is 24.3 Å². The van der Waals surface area contributed by atoms with E-state index in [-0.39, 0.29) is 6.54 Å². The Bertz CT molecular complexity index is 510. The Hall–Kier alpha value is -1.75. The van der Waals surface area contributed by atoms with Gasteiger partial charge < -0.3 is 15.7 Å². The Morgan fingerprint density at radius 1 is 1.14 bits per heavy atom. The fraction of sp³-hybridized carbons (Fsp3) is 0.467. The first-order chi connectivity index (χ1) is 10.0. The van der Waals surface area contributed by atoms with Crippen LogP contribution in [0.2, 0.25) is 5.02 Å². The molecular formula is C15H19ClN2O3. The number of aliphatic carboxylic acids is 1. The molecule has 1 saturated carbocycles. The van der Waals surface area contributed by atoms with Crippen LogP contribution in [0.25, 0.3) is 0 Å². The predicted molar refractivity (Wildman–Crippen MR) is 81.6 cm³/mol. The third-order valence-corrected chi connectivity index (χ3v) is 4.21. The highest BCUT2D eigenvalue weighted by molar-refractivity contribution is 6.30. The molecule has 1 aliphatic rings. The maximum absolute atomic E-state index is 11.9. The number of hydrogen-bond acceptors (Lipinski definition) is 2. The SMILES string of the molecule is O=C(NCC1(C(=O)O)CCCCC1)Nc1ccc(Cl)cc1. The number of urea groups is 1. The van der Waals surface area contributed by atoms with Crippen LogP contribution in [0, 0.1) is 5.41 Å². The molecule has 114 valence electrons. The van der Waals surface area contributed by atoms with Crippen LogP contribution >= 0.6 is 11.6 Å². The lowest BCUT2D eigenvalue weighted by Crippen LogP contribution is -2.45. The quantitative estimate of drug-likeness (QED) is 0.796. The summed E-state index contributed by atoms with van der Waals surface area (Å²) in [5, 5.41) is 15.4. The fourth-order valence-corrected chi connectivity index (χ4v) is 2.78. The molecule has 6 heteroatoms. The van der Waals surface area contributed by atoms with Crippen molar-refractivity contribution in [1.82, 2.24) is 5.32 Å². The van der Waals surface area contributed by atoms with Crippen molar-refractivity contribution in [2.75, 3.05) is 11.9 Å². The summed E-state index contributed by atoms with van der Waals surface area (Å²) in [7, 11) is 0. The molecule has 3 N–H and O–H groups in total. The highest BCUT2D eigenvalue weighted by Gasteiger charge is 2.39. The molecule has 0 bridgehead atoms. The molecule has 21 heavy (non-hydrogen) atoms. The Balaban J connectivity index is 1.90. The van der Waals surface area contributed by atoms with E-state index in [1.807, 2.05) is 0 Å². The summed E-state index contributed by atoms with van der Waals surface area (Å²) in [6.45, 7) is 0.155. The number of rotatable bonds is 4. The van der Waals surface area contributed by atoms with Crippen molar-refractivity contribution in [1.29, 1.82) is 0 Å². The van der Waals surface area contributed by atoms with Gasteiger partial charge in [-0.25, -0.2) is 4.79 Å². The second kappa shape index (κ2) is 6.80. The molecule has 0 aromatic heterocycles. The molecule has 2 amide bonds. The lowest BCUT2D eigenvalue weighted by Gasteiger charge is -2.33. The first-order valence-corrected chi connectivity index (χ1v) is 7.43. The van der Waals surface area contributed by atoms with Gasteiger partial charge in [0.25, 0.3) is 0 Å². The summed E-state index contributed by atoms with van der Waals surface area (Å²) in [6, 6.07) is 6.34. The zero-order valence-electron chi connectivity index (χ0n) is 11.7. The lowest BCUT2D eigenvalue weighted by molar-refractivity contribution is -0.150. The first kappa shape index (κ1) is 15.6. The number of amides is 2. The summed E-state index contributed by atoms with van der Waals surface area (Å²) in [5.74, 6) is -0.825. The van der Waals surface area contributed by atoms with E-state index in [1.54, 1.807) is 24.3 Å². The standard InChI is InChI=1S/C15H19ClN2O3/c16-11-4-6-12(7-5-11)18-14(21)17-10-15(13(19)20)8-2-1-3-9-15/h4-7H,1-3,8-10H2,(H,19,20)(H2,17,18,21). The molecule has 1 aromatic rings. The van der Waals surface area contributed by atoms with Crippen molar-refractivity contribution in [2.45, 2.75) is 32.1 Å². The first-order valence-electron chi connectivity index (χ1n) is 7.06. The van der Waals surface area contributed by atoms with Crippen molar-refractivity contribution >= 4 is 29.3 Å². The largest absolute Gasteiger partial charge is 0.481 e. The van der Waals surface area contributed by atoms with Gasteiger partial charge in [0.2, 0.25) is 0 Å². The number of benzene rings is 1. The molecule has 2 rings (SSSR count). The number of nitrogens with one attached hydrogen (secondary N) is 2. The fourth-order valence-electron chi connectivity index (χ4n) is 2.65. The molecule has 1 aromatic carbocycles. The molecule has 0 aliphatic heterocycles. The third kappa shape index (κ3) is 4.11. The zero-order chi connectivity index (χ0) is 15.3. The van der Waals surface area contributed by atoms with Gasteiger partial charge in [-0.1, -0.05) is 30.9 Å². The van der Waals surface area contributed by atoms with Gasteiger partial charge in [0.05, 0.1) is 5.41 Å². The Labute approximate surface area is 128 Å². The molecular weight excluding hydrogens is 292 g/mol. The van der Waals surface area contributed by atoms with Gasteiger partial charge in [0.15, 0.2) is 0 Å². The van der Waals surface area contributed by atoms with Crippen molar-refractivity contribution < 1.29 is 14.7 Å². The summed E-state index contributed by atoms with van der Waals surface area (Å²) < 4.78 is 0. The van der Waals surface area contributed by atoms with Gasteiger partial charge in [0, 0.05) is 17.3 Å². The van der Waals surface area contributed by atoms with Gasteiger partial charge in [-0.3, -0.25) is 4.79 Å². The third-order valence-electron chi connectivity index (χ3n) is 3.95. The number of carbonyl (C=O) groups excluding carboxylic acids is 1. The van der Waals surface area contributed by atoms with Crippen LogP contribution < -0.4 is 10.6 Å². The van der Waals surface area contributed by atoms with Crippen LogP contribution in [-0.2, 0) is 4.79 Å². The molecule has 0 atom stereocenters. The molecule has 1 fully saturated rings. The number of anilines is 1. The Morgan fingerprint density at radius 3 is 2.33 bits per heavy atom. The van der Waals surface area contributed by atoms with Crippen molar-refractivity contribution in [3.63, 3.8) is 0 Å². The van der Waals surface area contributed by atoms with E-state index in [9.17, 15) is 14.7 Å². The molecule has 0 unspecified atom stereocenters. The van der Waals surface area contributed by atoms with Gasteiger partial charge >= 0.3 is 12.0 Å². The summed E-state index contributed by atoms with van der Waals surface area (Å²) >= 11 is 5.77. The highest BCUT2D eigenvalue weighted by atomic mass is 35.5. The summed E-state index contributed by atoms with van der Waals surface area (Å²) in [5.41, 5.74) is -0.208. The Kier molecular flexibility index (Phi) is 5.07. The van der Waals surface area contributed by atoms with Crippen LogP contribution in [0.3, 0.4) is 0 Å². The number of carboxylic acids is 1. The van der Waals surface area contributed by atoms with E-state index < -0.39 is 17.4 Å². The van der Waals surface area contributed by atoms with Gasteiger partial charge in [-0.15, -0.1) is 0 Å². The smallest absolute Gasteiger partial charge is 0.319 e. The number of carbonyl (C=O) groups is 2. The minimum atomic E-state index is -0.825. The maximum Gasteiger partial charge on any atom is 0.319 e. The summed E-state index contributed by atoms with van der Waals surface area (Å²) in [6.07, 6.45) is 4.08. The normalized spacial score (nSPS) is 17.0. The molecule has 5 nitrogen and oxygen atoms in total. The van der Waals surface area contributed by atoms with E-state index in [4.69, 9.17) is 11.6 Å². The van der Waals surface area contributed by atoms with Gasteiger partial charge in [0.1, 0.15) is 0 Å². The molecule has 1 aliphatic carbocycles. The van der Waals surface area contributed by atoms with Crippen LogP contribution in [0.1, 0.15) is 32.1 Å². The lowest BCUT2D eigenvalue weighted by atomic mass is 9.74. The average molecular weight is 311 g/mol. The monoisotopic (exact) mass is 310 g/mol. The van der Waals surface area contributed by atoms with E-state index >= 15 is 0 Å². The van der Waals surface area contributed by atoms with E-state index in [0.29, 0.717) is 23.6 Å². The van der Waals surface area contributed by atoms with Crippen molar-refractivity contribution in [2.24, 2.45) is 5.41 Å². The average Bonchev–Trinajstić information content (AvgIpc) is 2.48. The van der Waals surface area contributed by atoms with Crippen LogP contribution in [-0.4, -0.2) is 23.7 Å². The molecule has 0 heterocycles. The number of hydrogen-bond donors (Lipinski definition) is 3. The van der Waals surface area contributed by atoms with Gasteiger partial charge in [-0.2, -0.15) is 0 Å². The topological polar surface area (TPSA) is 78.4 Å². The second-order valence-corrected chi connectivity index (χ2v) is 5.90. The number of carboxylic acid groups (broad SMARTS) is 1. The number of halogens is 1.